The summed E-state index contributed by atoms with van der Waals surface area (Å²) in [6.07, 6.45) is 0. The molecular formula is C23H23O5P. The number of hydrogen-bond donors (Lipinski definition) is 1. The number of phosphoric acid groups is 1. The summed E-state index contributed by atoms with van der Waals surface area (Å²) in [7, 11) is -4.48. The van der Waals surface area contributed by atoms with E-state index in [0.29, 0.717) is 28.0 Å². The summed E-state index contributed by atoms with van der Waals surface area (Å²) in [4.78, 5) is 23.3. The maximum atomic E-state index is 12.9. The van der Waals surface area contributed by atoms with E-state index in [9.17, 15) is 14.3 Å². The summed E-state index contributed by atoms with van der Waals surface area (Å²) in [5, 5.41) is 0. The molecule has 0 aliphatic rings. The topological polar surface area (TPSA) is 72.8 Å². The molecule has 0 amide bonds. The van der Waals surface area contributed by atoms with Gasteiger partial charge in [-0.2, -0.15) is 0 Å². The first-order valence-corrected chi connectivity index (χ1v) is 10.7. The molecule has 29 heavy (non-hydrogen) atoms. The molecule has 0 radical (unpaired) electrons. The molecule has 6 heteroatoms. The zero-order valence-corrected chi connectivity index (χ0v) is 17.7. The maximum absolute atomic E-state index is 12.9. The van der Waals surface area contributed by atoms with Crippen LogP contribution >= 0.6 is 7.82 Å². The van der Waals surface area contributed by atoms with Crippen LogP contribution in [0.3, 0.4) is 0 Å². The fourth-order valence-electron chi connectivity index (χ4n) is 3.15. The van der Waals surface area contributed by atoms with Crippen molar-refractivity contribution in [1.82, 2.24) is 0 Å². The van der Waals surface area contributed by atoms with Gasteiger partial charge in [-0.3, -0.25) is 9.69 Å². The molecule has 1 atom stereocenters. The van der Waals surface area contributed by atoms with Gasteiger partial charge in [0.15, 0.2) is 5.78 Å². The number of phosphoric ester groups is 1. The van der Waals surface area contributed by atoms with Gasteiger partial charge in [0.2, 0.25) is 0 Å². The number of rotatable bonds is 6. The Kier molecular flexibility index (Phi) is 5.92. The van der Waals surface area contributed by atoms with E-state index in [1.807, 2.05) is 12.1 Å². The Balaban J connectivity index is 1.94. The molecule has 5 nitrogen and oxygen atoms in total. The average Bonchev–Trinajstić information content (AvgIpc) is 2.68. The second-order valence-corrected chi connectivity index (χ2v) is 8.25. The first kappa shape index (κ1) is 20.8. The standard InChI is InChI=1S/C23H23O5P/c1-15-9-8-10-16(2)22(15)27-29(25,26)28-23-17(3)13-14-20(18(23)4)21(24)19-11-6-5-7-12-19/h5-14H,1-4H3,(H,25,26). The molecule has 0 bridgehead atoms. The van der Waals surface area contributed by atoms with E-state index in [4.69, 9.17) is 9.05 Å². The van der Waals surface area contributed by atoms with Crippen LogP contribution in [0.5, 0.6) is 11.5 Å². The predicted octanol–water partition coefficient (Wildman–Crippen LogP) is 5.71. The van der Waals surface area contributed by atoms with Crippen LogP contribution in [0.1, 0.15) is 38.2 Å². The van der Waals surface area contributed by atoms with Crippen LogP contribution in [0.15, 0.2) is 60.7 Å². The molecular weight excluding hydrogens is 387 g/mol. The third-order valence-electron chi connectivity index (χ3n) is 4.71. The molecule has 0 aromatic heterocycles. The quantitative estimate of drug-likeness (QED) is 0.416. The first-order valence-electron chi connectivity index (χ1n) is 9.18. The maximum Gasteiger partial charge on any atom is 0.584 e. The van der Waals surface area contributed by atoms with Crippen molar-refractivity contribution in [3.05, 3.63) is 94.0 Å². The molecule has 0 saturated carbocycles. The van der Waals surface area contributed by atoms with Crippen LogP contribution in [0.2, 0.25) is 0 Å². The Labute approximate surface area is 170 Å². The van der Waals surface area contributed by atoms with Crippen molar-refractivity contribution in [2.24, 2.45) is 0 Å². The molecule has 0 aliphatic carbocycles. The van der Waals surface area contributed by atoms with Crippen molar-refractivity contribution in [3.63, 3.8) is 0 Å². The Hall–Kier alpha value is -2.88. The number of hydrogen-bond acceptors (Lipinski definition) is 4. The smallest absolute Gasteiger partial charge is 0.395 e. The van der Waals surface area contributed by atoms with E-state index in [-0.39, 0.29) is 11.5 Å². The Morgan fingerprint density at radius 1 is 0.759 bits per heavy atom. The third-order valence-corrected chi connectivity index (χ3v) is 5.53. The van der Waals surface area contributed by atoms with Crippen molar-refractivity contribution in [1.29, 1.82) is 0 Å². The highest BCUT2D eigenvalue weighted by Gasteiger charge is 2.29. The molecule has 1 unspecified atom stereocenters. The molecule has 150 valence electrons. The largest absolute Gasteiger partial charge is 0.584 e. The van der Waals surface area contributed by atoms with Gasteiger partial charge in [-0.15, -0.1) is 0 Å². The van der Waals surface area contributed by atoms with E-state index in [1.165, 1.54) is 0 Å². The molecule has 0 saturated heterocycles. The van der Waals surface area contributed by atoms with Gasteiger partial charge in [0.05, 0.1) is 0 Å². The van der Waals surface area contributed by atoms with Crippen LogP contribution in [0.25, 0.3) is 0 Å². The van der Waals surface area contributed by atoms with Gasteiger partial charge in [0, 0.05) is 16.7 Å². The van der Waals surface area contributed by atoms with E-state index in [0.717, 1.165) is 11.1 Å². The monoisotopic (exact) mass is 410 g/mol. The number of carbonyl (C=O) groups excluding carboxylic acids is 1. The molecule has 0 spiro atoms. The van der Waals surface area contributed by atoms with Crippen LogP contribution in [0.4, 0.5) is 0 Å². The average molecular weight is 410 g/mol. The first-order chi connectivity index (χ1) is 13.7. The second-order valence-electron chi connectivity index (χ2n) is 6.95. The van der Waals surface area contributed by atoms with Gasteiger partial charge in [-0.25, -0.2) is 4.57 Å². The number of benzene rings is 3. The summed E-state index contributed by atoms with van der Waals surface area (Å²) in [6, 6.07) is 17.7. The lowest BCUT2D eigenvalue weighted by Crippen LogP contribution is -2.08. The minimum absolute atomic E-state index is 0.170. The van der Waals surface area contributed by atoms with Crippen LogP contribution in [-0.4, -0.2) is 10.7 Å². The van der Waals surface area contributed by atoms with E-state index in [2.05, 4.69) is 0 Å². The number of para-hydroxylation sites is 1. The lowest BCUT2D eigenvalue weighted by Gasteiger charge is -2.20. The number of carbonyl (C=O) groups is 1. The van der Waals surface area contributed by atoms with Crippen molar-refractivity contribution >= 4 is 13.6 Å². The summed E-state index contributed by atoms with van der Waals surface area (Å²) < 4.78 is 23.5. The van der Waals surface area contributed by atoms with Crippen molar-refractivity contribution in [2.45, 2.75) is 27.7 Å². The summed E-state index contributed by atoms with van der Waals surface area (Å²) in [5.41, 5.74) is 3.51. The van der Waals surface area contributed by atoms with Gasteiger partial charge in [-0.05, 0) is 44.4 Å². The highest BCUT2D eigenvalue weighted by Crippen LogP contribution is 2.48. The normalized spacial score (nSPS) is 12.9. The lowest BCUT2D eigenvalue weighted by atomic mass is 9.97. The molecule has 1 N–H and O–H groups in total. The van der Waals surface area contributed by atoms with Gasteiger partial charge in [0.1, 0.15) is 11.5 Å². The zero-order valence-electron chi connectivity index (χ0n) is 16.8. The van der Waals surface area contributed by atoms with Gasteiger partial charge in [-0.1, -0.05) is 60.7 Å². The molecule has 0 heterocycles. The molecule has 3 aromatic rings. The fraction of sp³-hybridized carbons (Fsp3) is 0.174. The molecule has 0 fully saturated rings. The van der Waals surface area contributed by atoms with E-state index >= 15 is 0 Å². The minimum Gasteiger partial charge on any atom is -0.395 e. The van der Waals surface area contributed by atoms with E-state index < -0.39 is 7.82 Å². The van der Waals surface area contributed by atoms with Gasteiger partial charge >= 0.3 is 7.82 Å². The van der Waals surface area contributed by atoms with Crippen LogP contribution < -0.4 is 9.05 Å². The van der Waals surface area contributed by atoms with Crippen LogP contribution in [-0.2, 0) is 4.57 Å². The SMILES string of the molecule is Cc1cccc(C)c1OP(=O)(O)Oc1c(C)ccc(C(=O)c2ccccc2)c1C. The Bertz CT molecular complexity index is 1090. The summed E-state index contributed by atoms with van der Waals surface area (Å²) in [5.74, 6) is 0.297. The highest BCUT2D eigenvalue weighted by molar-refractivity contribution is 7.48. The number of aryl methyl sites for hydroxylation is 3. The van der Waals surface area contributed by atoms with Crippen molar-refractivity contribution in [2.75, 3.05) is 0 Å². The molecule has 3 rings (SSSR count). The zero-order chi connectivity index (χ0) is 21.2. The van der Waals surface area contributed by atoms with Gasteiger partial charge in [0.25, 0.3) is 0 Å². The summed E-state index contributed by atoms with van der Waals surface area (Å²) in [6.45, 7) is 7.02. The third kappa shape index (κ3) is 4.58. The Morgan fingerprint density at radius 3 is 1.93 bits per heavy atom. The number of ketones is 1. The second kappa shape index (κ2) is 8.24. The molecule has 3 aromatic carbocycles. The predicted molar refractivity (Wildman–Crippen MR) is 113 cm³/mol. The van der Waals surface area contributed by atoms with Crippen LogP contribution in [0, 0.1) is 27.7 Å². The highest BCUT2D eigenvalue weighted by atomic mass is 31.2. The summed E-state index contributed by atoms with van der Waals surface area (Å²) >= 11 is 0. The van der Waals surface area contributed by atoms with Crippen molar-refractivity contribution in [3.8, 4) is 11.5 Å². The van der Waals surface area contributed by atoms with Crippen molar-refractivity contribution < 1.29 is 23.3 Å². The van der Waals surface area contributed by atoms with E-state index in [1.54, 1.807) is 76.2 Å². The minimum atomic E-state index is -4.48. The van der Waals surface area contributed by atoms with Gasteiger partial charge < -0.3 is 9.05 Å². The Morgan fingerprint density at radius 2 is 1.31 bits per heavy atom. The molecule has 0 aliphatic heterocycles. The lowest BCUT2D eigenvalue weighted by molar-refractivity contribution is 0.103. The fourth-order valence-corrected chi connectivity index (χ4v) is 4.22.